The first-order valence-corrected chi connectivity index (χ1v) is 11.4. The fourth-order valence-electron chi connectivity index (χ4n) is 4.09. The van der Waals surface area contributed by atoms with E-state index in [4.69, 9.17) is 4.74 Å². The van der Waals surface area contributed by atoms with Crippen molar-refractivity contribution in [3.63, 3.8) is 0 Å². The van der Waals surface area contributed by atoms with Crippen LogP contribution < -0.4 is 4.74 Å². The van der Waals surface area contributed by atoms with Gasteiger partial charge < -0.3 is 19.3 Å². The highest BCUT2D eigenvalue weighted by atomic mass is 16.5. The number of para-hydroxylation sites is 1. The van der Waals surface area contributed by atoms with Gasteiger partial charge in [0, 0.05) is 41.3 Å². The molecule has 0 spiro atoms. The third-order valence-electron chi connectivity index (χ3n) is 5.56. The van der Waals surface area contributed by atoms with Gasteiger partial charge in [-0.2, -0.15) is 0 Å². The molecule has 3 rings (SSSR count). The van der Waals surface area contributed by atoms with Crippen molar-refractivity contribution in [1.82, 2.24) is 9.47 Å². The first-order valence-electron chi connectivity index (χ1n) is 11.4. The molecule has 0 fully saturated rings. The number of hydrogen-bond donors (Lipinski definition) is 1. The fraction of sp³-hybridized carbons (Fsp3) is 0.370. The zero-order valence-electron chi connectivity index (χ0n) is 19.3. The Morgan fingerprint density at radius 3 is 2.44 bits per heavy atom. The average Bonchev–Trinajstić information content (AvgIpc) is 3.15. The lowest BCUT2D eigenvalue weighted by Gasteiger charge is -2.24. The zero-order chi connectivity index (χ0) is 22.9. The molecule has 0 saturated heterocycles. The minimum atomic E-state index is -0.457. The Hall–Kier alpha value is -2.89. The maximum atomic E-state index is 12.6. The van der Waals surface area contributed by atoms with Crippen molar-refractivity contribution >= 4 is 22.8 Å². The van der Waals surface area contributed by atoms with Crippen LogP contribution in [-0.2, 0) is 6.54 Å². The maximum absolute atomic E-state index is 12.6. The summed E-state index contributed by atoms with van der Waals surface area (Å²) in [6, 6.07) is 15.2. The van der Waals surface area contributed by atoms with E-state index in [1.807, 2.05) is 24.4 Å². The first-order chi connectivity index (χ1) is 15.5. The highest BCUT2D eigenvalue weighted by molar-refractivity contribution is 6.07. The molecular weight excluding hydrogens is 400 g/mol. The molecule has 1 N–H and O–H groups in total. The van der Waals surface area contributed by atoms with Crippen molar-refractivity contribution in [3.8, 4) is 5.75 Å². The number of carbonyl (C=O) groups is 1. The molecule has 0 aliphatic heterocycles. The quantitative estimate of drug-likeness (QED) is 0.321. The van der Waals surface area contributed by atoms with Gasteiger partial charge in [-0.05, 0) is 68.4 Å². The van der Waals surface area contributed by atoms with E-state index in [1.165, 1.54) is 0 Å². The van der Waals surface area contributed by atoms with E-state index in [0.717, 1.165) is 48.1 Å². The molecule has 0 bridgehead atoms. The smallest absolute Gasteiger partial charge is 0.185 e. The summed E-state index contributed by atoms with van der Waals surface area (Å²) in [7, 11) is 1.61. The van der Waals surface area contributed by atoms with Gasteiger partial charge in [0.25, 0.3) is 0 Å². The Bertz CT molecular complexity index is 1030. The predicted octanol–water partition coefficient (Wildman–Crippen LogP) is 5.03. The third-order valence-corrected chi connectivity index (χ3v) is 5.56. The van der Waals surface area contributed by atoms with E-state index in [9.17, 15) is 9.90 Å². The topological polar surface area (TPSA) is 54.7 Å². The fourth-order valence-corrected chi connectivity index (χ4v) is 4.09. The molecule has 0 saturated carbocycles. The molecule has 0 radical (unpaired) electrons. The standard InChI is InChI=1S/C27H34N2O3/c1-4-16-28(17-5-2)19-23(30)20-29-18-22(25-8-6-7-9-26(25)29)12-15-27(31)21-10-13-24(32-3)14-11-21/h6-15,18,23,30H,4-5,16-17,19-20H2,1-3H3/b15-12+/t23-/m0/s1. The number of methoxy groups -OCH3 is 1. The lowest BCUT2D eigenvalue weighted by molar-refractivity contribution is 0.0988. The van der Waals surface area contributed by atoms with Crippen molar-refractivity contribution in [2.24, 2.45) is 0 Å². The zero-order valence-corrected chi connectivity index (χ0v) is 19.3. The number of allylic oxidation sites excluding steroid dienone is 1. The number of rotatable bonds is 12. The van der Waals surface area contributed by atoms with Gasteiger partial charge in [0.2, 0.25) is 0 Å². The number of aromatic nitrogens is 1. The Labute approximate surface area is 190 Å². The van der Waals surface area contributed by atoms with Crippen LogP contribution in [0.15, 0.2) is 60.8 Å². The number of ketones is 1. The summed E-state index contributed by atoms with van der Waals surface area (Å²) in [4.78, 5) is 14.9. The van der Waals surface area contributed by atoms with Crippen LogP contribution in [0.4, 0.5) is 0 Å². The second-order valence-electron chi connectivity index (χ2n) is 8.13. The highest BCUT2D eigenvalue weighted by Crippen LogP contribution is 2.23. The molecule has 5 nitrogen and oxygen atoms in total. The Balaban J connectivity index is 1.77. The number of hydrogen-bond acceptors (Lipinski definition) is 4. The van der Waals surface area contributed by atoms with Gasteiger partial charge in [-0.3, -0.25) is 4.79 Å². The minimum absolute atomic E-state index is 0.0562. The molecule has 0 amide bonds. The lowest BCUT2D eigenvalue weighted by atomic mass is 10.1. The molecule has 1 aromatic heterocycles. The summed E-state index contributed by atoms with van der Waals surface area (Å²) < 4.78 is 7.25. The number of aliphatic hydroxyl groups is 1. The largest absolute Gasteiger partial charge is 0.497 e. The SMILES string of the molecule is CCCN(CCC)C[C@H](O)Cn1cc(/C=C/C(=O)c2ccc(OC)cc2)c2ccccc21. The molecule has 0 aliphatic carbocycles. The Morgan fingerprint density at radius 1 is 1.09 bits per heavy atom. The molecular formula is C27H34N2O3. The second kappa shape index (κ2) is 11.7. The van der Waals surface area contributed by atoms with E-state index in [0.29, 0.717) is 18.7 Å². The Kier molecular flexibility index (Phi) is 8.65. The van der Waals surface area contributed by atoms with Crippen LogP contribution in [0.3, 0.4) is 0 Å². The van der Waals surface area contributed by atoms with Gasteiger partial charge in [-0.15, -0.1) is 0 Å². The molecule has 0 unspecified atom stereocenters. The first kappa shape index (κ1) is 23.8. The summed E-state index contributed by atoms with van der Waals surface area (Å²) in [5, 5.41) is 11.8. The highest BCUT2D eigenvalue weighted by Gasteiger charge is 2.14. The summed E-state index contributed by atoms with van der Waals surface area (Å²) in [5.41, 5.74) is 2.64. The van der Waals surface area contributed by atoms with Crippen LogP contribution in [0.25, 0.3) is 17.0 Å². The van der Waals surface area contributed by atoms with Gasteiger partial charge in [0.1, 0.15) is 5.75 Å². The average molecular weight is 435 g/mol. The van der Waals surface area contributed by atoms with Crippen LogP contribution in [0.2, 0.25) is 0 Å². The van der Waals surface area contributed by atoms with Gasteiger partial charge >= 0.3 is 0 Å². The molecule has 0 aliphatic rings. The number of carbonyl (C=O) groups excluding carboxylic acids is 1. The van der Waals surface area contributed by atoms with Gasteiger partial charge in [-0.25, -0.2) is 0 Å². The van der Waals surface area contributed by atoms with Crippen LogP contribution in [0.5, 0.6) is 5.75 Å². The number of fused-ring (bicyclic) bond motifs is 1. The molecule has 1 atom stereocenters. The summed E-state index contributed by atoms with van der Waals surface area (Å²) in [5.74, 6) is 0.669. The van der Waals surface area contributed by atoms with E-state index >= 15 is 0 Å². The van der Waals surface area contributed by atoms with Gasteiger partial charge in [0.05, 0.1) is 13.2 Å². The van der Waals surface area contributed by atoms with Crippen LogP contribution in [0, 0.1) is 0 Å². The lowest BCUT2D eigenvalue weighted by Crippen LogP contribution is -2.35. The normalized spacial score (nSPS) is 12.7. The van der Waals surface area contributed by atoms with Crippen molar-refractivity contribution in [3.05, 3.63) is 71.9 Å². The van der Waals surface area contributed by atoms with Crippen molar-refractivity contribution in [1.29, 1.82) is 0 Å². The van der Waals surface area contributed by atoms with Crippen molar-refractivity contribution in [2.75, 3.05) is 26.7 Å². The summed E-state index contributed by atoms with van der Waals surface area (Å²) in [6.45, 7) is 7.51. The Morgan fingerprint density at radius 2 is 1.78 bits per heavy atom. The van der Waals surface area contributed by atoms with E-state index in [2.05, 4.69) is 35.4 Å². The van der Waals surface area contributed by atoms with E-state index < -0.39 is 6.10 Å². The molecule has 2 aromatic carbocycles. The van der Waals surface area contributed by atoms with E-state index in [1.54, 1.807) is 37.5 Å². The maximum Gasteiger partial charge on any atom is 0.185 e. The molecule has 3 aromatic rings. The minimum Gasteiger partial charge on any atom is -0.497 e. The van der Waals surface area contributed by atoms with E-state index in [-0.39, 0.29) is 5.78 Å². The van der Waals surface area contributed by atoms with Gasteiger partial charge in [-0.1, -0.05) is 32.0 Å². The second-order valence-corrected chi connectivity index (χ2v) is 8.13. The van der Waals surface area contributed by atoms with Crippen molar-refractivity contribution in [2.45, 2.75) is 39.3 Å². The molecule has 1 heterocycles. The molecule has 170 valence electrons. The molecule has 32 heavy (non-hydrogen) atoms. The number of ether oxygens (including phenoxy) is 1. The number of benzene rings is 2. The third kappa shape index (κ3) is 6.09. The summed E-state index contributed by atoms with van der Waals surface area (Å²) in [6.07, 6.45) is 7.19. The monoisotopic (exact) mass is 434 g/mol. The summed E-state index contributed by atoms with van der Waals surface area (Å²) >= 11 is 0. The van der Waals surface area contributed by atoms with Crippen molar-refractivity contribution < 1.29 is 14.6 Å². The van der Waals surface area contributed by atoms with Crippen LogP contribution in [-0.4, -0.2) is 53.2 Å². The number of nitrogens with zero attached hydrogens (tertiary/aromatic N) is 2. The number of aliphatic hydroxyl groups excluding tert-OH is 1. The van der Waals surface area contributed by atoms with Crippen LogP contribution >= 0.6 is 0 Å². The predicted molar refractivity (Wildman–Crippen MR) is 131 cm³/mol. The van der Waals surface area contributed by atoms with Gasteiger partial charge in [0.15, 0.2) is 5.78 Å². The molecule has 5 heteroatoms. The van der Waals surface area contributed by atoms with Crippen LogP contribution in [0.1, 0.15) is 42.6 Å².